The van der Waals surface area contributed by atoms with Gasteiger partial charge >= 0.3 is 0 Å². The minimum Gasteiger partial charge on any atom is -0.380 e. The van der Waals surface area contributed by atoms with Crippen molar-refractivity contribution >= 4 is 21.4 Å². The Morgan fingerprint density at radius 1 is 1.44 bits per heavy atom. The number of fused-ring (bicyclic) bond motifs is 1. The molecule has 0 fully saturated rings. The molecule has 0 spiro atoms. The van der Waals surface area contributed by atoms with Gasteiger partial charge in [-0.05, 0) is 36.6 Å². The van der Waals surface area contributed by atoms with Gasteiger partial charge < -0.3 is 10.0 Å². The largest absolute Gasteiger partial charge is 0.380 e. The Labute approximate surface area is 106 Å². The SMILES string of the molecule is CC(=O)N1CCCc2cc(S(=O)(=O)CO)ccc21. The molecule has 5 nitrogen and oxygen atoms in total. The number of amides is 1. The van der Waals surface area contributed by atoms with Crippen LogP contribution in [0.2, 0.25) is 0 Å². The van der Waals surface area contributed by atoms with Crippen LogP contribution in [0.15, 0.2) is 23.1 Å². The lowest BCUT2D eigenvalue weighted by Crippen LogP contribution is -2.33. The molecule has 1 amide bonds. The molecule has 0 aliphatic carbocycles. The molecule has 6 heteroatoms. The first-order valence-electron chi connectivity index (χ1n) is 5.70. The number of aliphatic hydroxyl groups is 1. The molecule has 0 radical (unpaired) electrons. The van der Waals surface area contributed by atoms with Gasteiger partial charge in [-0.3, -0.25) is 4.79 Å². The van der Waals surface area contributed by atoms with Crippen molar-refractivity contribution in [1.82, 2.24) is 0 Å². The normalized spacial score (nSPS) is 15.3. The molecule has 0 saturated carbocycles. The van der Waals surface area contributed by atoms with Crippen LogP contribution in [0.4, 0.5) is 5.69 Å². The zero-order valence-corrected chi connectivity index (χ0v) is 10.9. The number of nitrogens with zero attached hydrogens (tertiary/aromatic N) is 1. The lowest BCUT2D eigenvalue weighted by molar-refractivity contribution is -0.116. The van der Waals surface area contributed by atoms with Gasteiger partial charge in [0.1, 0.15) is 5.94 Å². The molecule has 98 valence electrons. The van der Waals surface area contributed by atoms with Crippen LogP contribution >= 0.6 is 0 Å². The van der Waals surface area contributed by atoms with E-state index in [0.29, 0.717) is 6.54 Å². The van der Waals surface area contributed by atoms with Crippen molar-refractivity contribution in [1.29, 1.82) is 0 Å². The standard InChI is InChI=1S/C12H15NO4S/c1-9(15)13-6-2-3-10-7-11(4-5-12(10)13)18(16,17)8-14/h4-5,7,14H,2-3,6,8H2,1H3. The van der Waals surface area contributed by atoms with Crippen molar-refractivity contribution in [2.24, 2.45) is 0 Å². The van der Waals surface area contributed by atoms with Crippen LogP contribution < -0.4 is 4.90 Å². The van der Waals surface area contributed by atoms with Crippen LogP contribution in [-0.4, -0.2) is 31.9 Å². The van der Waals surface area contributed by atoms with Gasteiger partial charge in [0.15, 0.2) is 0 Å². The second kappa shape index (κ2) is 4.70. The molecule has 0 bridgehead atoms. The highest BCUT2D eigenvalue weighted by molar-refractivity contribution is 7.91. The monoisotopic (exact) mass is 269 g/mol. The second-order valence-electron chi connectivity index (χ2n) is 4.31. The highest BCUT2D eigenvalue weighted by Crippen LogP contribution is 2.29. The molecular formula is C12H15NO4S. The van der Waals surface area contributed by atoms with Crippen molar-refractivity contribution < 1.29 is 18.3 Å². The molecule has 0 saturated heterocycles. The minimum absolute atomic E-state index is 0.0475. The summed E-state index contributed by atoms with van der Waals surface area (Å²) in [6.45, 7) is 2.15. The van der Waals surface area contributed by atoms with E-state index in [-0.39, 0.29) is 10.8 Å². The Morgan fingerprint density at radius 2 is 2.17 bits per heavy atom. The van der Waals surface area contributed by atoms with Crippen LogP contribution in [0.3, 0.4) is 0 Å². The molecule has 1 N–H and O–H groups in total. The summed E-state index contributed by atoms with van der Waals surface area (Å²) in [4.78, 5) is 13.2. The zero-order valence-electron chi connectivity index (χ0n) is 10.1. The number of anilines is 1. The summed E-state index contributed by atoms with van der Waals surface area (Å²) in [5.74, 6) is -0.948. The Balaban J connectivity index is 2.48. The predicted octanol–water partition coefficient (Wildman–Crippen LogP) is 0.709. The maximum absolute atomic E-state index is 11.6. The quantitative estimate of drug-likeness (QED) is 0.858. The molecular weight excluding hydrogens is 254 g/mol. The fourth-order valence-corrected chi connectivity index (χ4v) is 2.91. The van der Waals surface area contributed by atoms with E-state index in [0.717, 1.165) is 24.1 Å². The third-order valence-electron chi connectivity index (χ3n) is 3.08. The fourth-order valence-electron chi connectivity index (χ4n) is 2.17. The maximum Gasteiger partial charge on any atom is 0.223 e. The number of carbonyl (C=O) groups excluding carboxylic acids is 1. The Morgan fingerprint density at radius 3 is 2.78 bits per heavy atom. The lowest BCUT2D eigenvalue weighted by Gasteiger charge is -2.28. The molecule has 1 aromatic carbocycles. The number of benzene rings is 1. The van der Waals surface area contributed by atoms with Gasteiger partial charge in [-0.2, -0.15) is 0 Å². The zero-order chi connectivity index (χ0) is 13.3. The Hall–Kier alpha value is -1.40. The molecule has 1 aromatic rings. The van der Waals surface area contributed by atoms with E-state index >= 15 is 0 Å². The minimum atomic E-state index is -3.62. The molecule has 1 aliphatic rings. The van der Waals surface area contributed by atoms with E-state index < -0.39 is 15.8 Å². The van der Waals surface area contributed by atoms with E-state index in [1.54, 1.807) is 17.0 Å². The summed E-state index contributed by atoms with van der Waals surface area (Å²) in [5.41, 5.74) is 1.61. The smallest absolute Gasteiger partial charge is 0.223 e. The molecule has 1 heterocycles. The van der Waals surface area contributed by atoms with Gasteiger partial charge in [0.2, 0.25) is 15.7 Å². The lowest BCUT2D eigenvalue weighted by atomic mass is 10.0. The molecule has 0 unspecified atom stereocenters. The van der Waals surface area contributed by atoms with Crippen LogP contribution in [-0.2, 0) is 21.1 Å². The summed E-state index contributed by atoms with van der Waals surface area (Å²) >= 11 is 0. The van der Waals surface area contributed by atoms with Gasteiger partial charge in [0, 0.05) is 19.2 Å². The highest BCUT2D eigenvalue weighted by Gasteiger charge is 2.22. The number of rotatable bonds is 2. The van der Waals surface area contributed by atoms with Gasteiger partial charge in [0.05, 0.1) is 4.90 Å². The number of aryl methyl sites for hydroxylation is 1. The first kappa shape index (κ1) is 13.0. The van der Waals surface area contributed by atoms with Crippen molar-refractivity contribution in [3.8, 4) is 0 Å². The molecule has 18 heavy (non-hydrogen) atoms. The average molecular weight is 269 g/mol. The number of sulfone groups is 1. The molecule has 1 aliphatic heterocycles. The predicted molar refractivity (Wildman–Crippen MR) is 67.1 cm³/mol. The first-order valence-corrected chi connectivity index (χ1v) is 7.35. The fraction of sp³-hybridized carbons (Fsp3) is 0.417. The Kier molecular flexibility index (Phi) is 3.41. The topological polar surface area (TPSA) is 74.7 Å². The van der Waals surface area contributed by atoms with Crippen molar-refractivity contribution in [2.75, 3.05) is 17.4 Å². The average Bonchev–Trinajstić information content (AvgIpc) is 2.37. The number of hydrogen-bond donors (Lipinski definition) is 1. The van der Waals surface area contributed by atoms with E-state index in [1.165, 1.54) is 13.0 Å². The summed E-state index contributed by atoms with van der Waals surface area (Å²) in [6, 6.07) is 4.63. The van der Waals surface area contributed by atoms with Crippen LogP contribution in [0.1, 0.15) is 18.9 Å². The summed E-state index contributed by atoms with van der Waals surface area (Å²) in [6.07, 6.45) is 1.56. The number of hydrogen-bond acceptors (Lipinski definition) is 4. The van der Waals surface area contributed by atoms with Crippen molar-refractivity contribution in [3.05, 3.63) is 23.8 Å². The number of aliphatic hydroxyl groups excluding tert-OH is 1. The van der Waals surface area contributed by atoms with Gasteiger partial charge in [-0.25, -0.2) is 8.42 Å². The van der Waals surface area contributed by atoms with Gasteiger partial charge in [0.25, 0.3) is 0 Å². The van der Waals surface area contributed by atoms with Gasteiger partial charge in [-0.15, -0.1) is 0 Å². The third kappa shape index (κ3) is 2.26. The third-order valence-corrected chi connectivity index (χ3v) is 4.39. The van der Waals surface area contributed by atoms with E-state index in [1.807, 2.05) is 0 Å². The van der Waals surface area contributed by atoms with Crippen LogP contribution in [0.5, 0.6) is 0 Å². The Bertz CT molecular complexity index is 580. The molecule has 0 atom stereocenters. The highest BCUT2D eigenvalue weighted by atomic mass is 32.2. The number of carbonyl (C=O) groups is 1. The van der Waals surface area contributed by atoms with Crippen molar-refractivity contribution in [3.63, 3.8) is 0 Å². The second-order valence-corrected chi connectivity index (χ2v) is 6.27. The van der Waals surface area contributed by atoms with Crippen LogP contribution in [0, 0.1) is 0 Å². The van der Waals surface area contributed by atoms with Gasteiger partial charge in [-0.1, -0.05) is 0 Å². The van der Waals surface area contributed by atoms with Crippen LogP contribution in [0.25, 0.3) is 0 Å². The van der Waals surface area contributed by atoms with Crippen molar-refractivity contribution in [2.45, 2.75) is 24.7 Å². The maximum atomic E-state index is 11.6. The first-order chi connectivity index (χ1) is 8.45. The summed E-state index contributed by atoms with van der Waals surface area (Å²) < 4.78 is 23.1. The van der Waals surface area contributed by atoms with E-state index in [2.05, 4.69) is 0 Å². The summed E-state index contributed by atoms with van der Waals surface area (Å²) in [7, 11) is -3.62. The van der Waals surface area contributed by atoms with E-state index in [9.17, 15) is 13.2 Å². The molecule has 0 aromatic heterocycles. The summed E-state index contributed by atoms with van der Waals surface area (Å²) in [5, 5.41) is 8.84. The van der Waals surface area contributed by atoms with E-state index in [4.69, 9.17) is 5.11 Å². The molecule has 2 rings (SSSR count).